The lowest BCUT2D eigenvalue weighted by Gasteiger charge is -2.30. The molecule has 1 aliphatic heterocycles. The van der Waals surface area contributed by atoms with Gasteiger partial charge in [-0.25, -0.2) is 4.79 Å². The first kappa shape index (κ1) is 14.6. The van der Waals surface area contributed by atoms with Crippen LogP contribution in [0.2, 0.25) is 0 Å². The number of hydrogen-bond donors (Lipinski definition) is 0. The van der Waals surface area contributed by atoms with Gasteiger partial charge < -0.3 is 14.5 Å². The van der Waals surface area contributed by atoms with Crippen molar-refractivity contribution in [1.29, 1.82) is 0 Å². The average Bonchev–Trinajstić information content (AvgIpc) is 2.38. The van der Waals surface area contributed by atoms with E-state index < -0.39 is 6.09 Å². The molecule has 2 atom stereocenters. The molecule has 0 bridgehead atoms. The molecule has 7 nitrogen and oxygen atoms in total. The Balaban J connectivity index is 2.46. The minimum Gasteiger partial charge on any atom is -0.381 e. The second-order valence-corrected chi connectivity index (χ2v) is 4.48. The third-order valence-corrected chi connectivity index (χ3v) is 3.19. The molecule has 1 amide bonds. The molecule has 102 valence electrons. The summed E-state index contributed by atoms with van der Waals surface area (Å²) in [6, 6.07) is 0.0445. The molecule has 0 saturated carbocycles. The van der Waals surface area contributed by atoms with E-state index >= 15 is 0 Å². The number of rotatable bonds is 5. The Bertz CT molecular complexity index is 311. The molecule has 1 fully saturated rings. The molecule has 1 unspecified atom stereocenters. The number of ether oxygens (including phenoxy) is 1. The number of azide groups is 1. The highest BCUT2D eigenvalue weighted by molar-refractivity contribution is 5.67. The lowest BCUT2D eigenvalue weighted by molar-refractivity contribution is 0.0361. The topological polar surface area (TPSA) is 87.5 Å². The minimum absolute atomic E-state index is 0.0445. The van der Waals surface area contributed by atoms with E-state index in [0.29, 0.717) is 12.5 Å². The average molecular weight is 256 g/mol. The third-order valence-electron chi connectivity index (χ3n) is 3.19. The molecule has 18 heavy (non-hydrogen) atoms. The highest BCUT2D eigenvalue weighted by Crippen LogP contribution is 2.21. The highest BCUT2D eigenvalue weighted by atomic mass is 16.7. The predicted octanol–water partition coefficient (Wildman–Crippen LogP) is 2.88. The van der Waals surface area contributed by atoms with Gasteiger partial charge in [-0.3, -0.25) is 0 Å². The zero-order valence-electron chi connectivity index (χ0n) is 10.9. The number of hydrogen-bond acceptors (Lipinski definition) is 4. The molecule has 0 aliphatic carbocycles. The molecule has 7 heteroatoms. The molecule has 0 aromatic heterocycles. The predicted molar refractivity (Wildman–Crippen MR) is 65.6 cm³/mol. The quantitative estimate of drug-likeness (QED) is 0.328. The van der Waals surface area contributed by atoms with Gasteiger partial charge in [-0.05, 0) is 44.6 Å². The van der Waals surface area contributed by atoms with E-state index in [9.17, 15) is 4.79 Å². The van der Waals surface area contributed by atoms with Gasteiger partial charge in [0.1, 0.15) is 5.28 Å². The van der Waals surface area contributed by atoms with Crippen LogP contribution in [0.5, 0.6) is 0 Å². The third kappa shape index (κ3) is 4.43. The van der Waals surface area contributed by atoms with Crippen LogP contribution in [0.3, 0.4) is 0 Å². The van der Waals surface area contributed by atoms with E-state index in [1.807, 2.05) is 13.8 Å². The molecule has 0 aromatic rings. The molecule has 0 N–H and O–H groups in total. The number of carbonyl (C=O) groups is 1. The lowest BCUT2D eigenvalue weighted by atomic mass is 9.94. The molecule has 0 aromatic carbocycles. The summed E-state index contributed by atoms with van der Waals surface area (Å²) in [5.74, 6) is 0.482. The van der Waals surface area contributed by atoms with Gasteiger partial charge >= 0.3 is 6.09 Å². The van der Waals surface area contributed by atoms with Crippen LogP contribution in [0.4, 0.5) is 4.79 Å². The van der Waals surface area contributed by atoms with E-state index in [0.717, 1.165) is 32.5 Å². The highest BCUT2D eigenvalue weighted by Gasteiger charge is 2.24. The summed E-state index contributed by atoms with van der Waals surface area (Å²) in [4.78, 5) is 20.0. The maximum Gasteiger partial charge on any atom is 0.421 e. The van der Waals surface area contributed by atoms with Gasteiger partial charge in [-0.2, -0.15) is 0 Å². The SMILES string of the molecule is CCN(C(=O)ON=[N+]=[N-])[C@@H](C)CC1CCCOC1. The summed E-state index contributed by atoms with van der Waals surface area (Å²) < 4.78 is 5.42. The van der Waals surface area contributed by atoms with E-state index in [1.54, 1.807) is 4.90 Å². The fourth-order valence-electron chi connectivity index (χ4n) is 2.33. The Morgan fingerprint density at radius 1 is 1.72 bits per heavy atom. The van der Waals surface area contributed by atoms with Crippen molar-refractivity contribution in [3.63, 3.8) is 0 Å². The molecule has 1 aliphatic rings. The van der Waals surface area contributed by atoms with Gasteiger partial charge in [0.2, 0.25) is 0 Å². The molecule has 1 saturated heterocycles. The van der Waals surface area contributed by atoms with E-state index in [-0.39, 0.29) is 6.04 Å². The van der Waals surface area contributed by atoms with Crippen LogP contribution in [0, 0.1) is 5.92 Å². The molecule has 0 radical (unpaired) electrons. The first-order valence-corrected chi connectivity index (χ1v) is 6.28. The van der Waals surface area contributed by atoms with Gasteiger partial charge in [0.15, 0.2) is 0 Å². The van der Waals surface area contributed by atoms with Crippen molar-refractivity contribution in [3.8, 4) is 0 Å². The maximum absolute atomic E-state index is 11.6. The fourth-order valence-corrected chi connectivity index (χ4v) is 2.33. The largest absolute Gasteiger partial charge is 0.421 e. The molecule has 0 spiro atoms. The number of carbonyl (C=O) groups excluding carboxylic acids is 1. The monoisotopic (exact) mass is 256 g/mol. The number of nitrogens with zero attached hydrogens (tertiary/aromatic N) is 4. The molecule has 1 heterocycles. The van der Waals surface area contributed by atoms with Crippen LogP contribution in [-0.2, 0) is 9.57 Å². The van der Waals surface area contributed by atoms with E-state index in [4.69, 9.17) is 10.3 Å². The van der Waals surface area contributed by atoms with Crippen molar-refractivity contribution in [3.05, 3.63) is 10.4 Å². The summed E-state index contributed by atoms with van der Waals surface area (Å²) in [5.41, 5.74) is 8.12. The Kier molecular flexibility index (Phi) is 6.32. The minimum atomic E-state index is -0.598. The van der Waals surface area contributed by atoms with Gasteiger partial charge in [0, 0.05) is 30.7 Å². The van der Waals surface area contributed by atoms with Crippen molar-refractivity contribution in [2.75, 3.05) is 19.8 Å². The van der Waals surface area contributed by atoms with Crippen LogP contribution in [0.1, 0.15) is 33.1 Å². The van der Waals surface area contributed by atoms with E-state index in [1.165, 1.54) is 0 Å². The summed E-state index contributed by atoms with van der Waals surface area (Å²) in [6.45, 7) is 5.95. The standard InChI is InChI=1S/C11H20N4O3/c1-3-15(11(16)18-14-13-12)9(2)7-10-5-4-6-17-8-10/h9-10H,3-8H2,1-2H3/t9-,10?/m0/s1. The first-order chi connectivity index (χ1) is 8.69. The summed E-state index contributed by atoms with van der Waals surface area (Å²) in [5, 5.41) is 2.83. The Morgan fingerprint density at radius 2 is 2.50 bits per heavy atom. The fraction of sp³-hybridized carbons (Fsp3) is 0.909. The van der Waals surface area contributed by atoms with Crippen LogP contribution in [-0.4, -0.2) is 36.8 Å². The molecule has 1 rings (SSSR count). The molecular formula is C11H20N4O3. The Morgan fingerprint density at radius 3 is 3.06 bits per heavy atom. The summed E-state index contributed by atoms with van der Waals surface area (Å²) in [7, 11) is 0. The zero-order valence-corrected chi connectivity index (χ0v) is 10.9. The normalized spacial score (nSPS) is 20.7. The van der Waals surface area contributed by atoms with Crippen molar-refractivity contribution in [2.45, 2.75) is 39.2 Å². The van der Waals surface area contributed by atoms with Gasteiger partial charge in [0.05, 0.1) is 0 Å². The number of amides is 1. The maximum atomic E-state index is 11.6. The zero-order chi connectivity index (χ0) is 13.4. The first-order valence-electron chi connectivity index (χ1n) is 6.28. The van der Waals surface area contributed by atoms with E-state index in [2.05, 4.69) is 15.0 Å². The summed E-state index contributed by atoms with van der Waals surface area (Å²) in [6.07, 6.45) is 2.48. The van der Waals surface area contributed by atoms with Crippen molar-refractivity contribution >= 4 is 6.09 Å². The summed E-state index contributed by atoms with van der Waals surface area (Å²) >= 11 is 0. The van der Waals surface area contributed by atoms with Crippen molar-refractivity contribution < 1.29 is 14.4 Å². The second kappa shape index (κ2) is 7.79. The van der Waals surface area contributed by atoms with Crippen LogP contribution >= 0.6 is 0 Å². The van der Waals surface area contributed by atoms with Crippen molar-refractivity contribution in [1.82, 2.24) is 4.90 Å². The second-order valence-electron chi connectivity index (χ2n) is 4.48. The molecular weight excluding hydrogens is 236 g/mol. The van der Waals surface area contributed by atoms with Crippen LogP contribution in [0.25, 0.3) is 10.4 Å². The van der Waals surface area contributed by atoms with Crippen molar-refractivity contribution in [2.24, 2.45) is 11.2 Å². The van der Waals surface area contributed by atoms with Gasteiger partial charge in [-0.1, -0.05) is 0 Å². The Hall–Kier alpha value is -1.46. The van der Waals surface area contributed by atoms with Gasteiger partial charge in [0.25, 0.3) is 0 Å². The Labute approximate surface area is 107 Å². The smallest absolute Gasteiger partial charge is 0.381 e. The van der Waals surface area contributed by atoms with Crippen LogP contribution < -0.4 is 0 Å². The van der Waals surface area contributed by atoms with Gasteiger partial charge in [-0.15, -0.1) is 0 Å². The van der Waals surface area contributed by atoms with Crippen LogP contribution in [0.15, 0.2) is 5.28 Å². The lowest BCUT2D eigenvalue weighted by Crippen LogP contribution is -2.40.